The lowest BCUT2D eigenvalue weighted by Gasteiger charge is -2.21. The summed E-state index contributed by atoms with van der Waals surface area (Å²) in [6.45, 7) is -0.272. The second kappa shape index (κ2) is 5.68. The zero-order valence-electron chi connectivity index (χ0n) is 12.7. The molecule has 0 spiro atoms. The molecule has 124 valence electrons. The van der Waals surface area contributed by atoms with E-state index in [0.29, 0.717) is 17.0 Å². The SMILES string of the molecule is CNc1ncnc2c1ncn2[C@@H]1O[C@H](CO)C(O)C1OC1CC1. The van der Waals surface area contributed by atoms with E-state index in [-0.39, 0.29) is 12.7 Å². The number of aliphatic hydroxyl groups is 2. The minimum absolute atomic E-state index is 0.149. The van der Waals surface area contributed by atoms with Crippen LogP contribution in [0.4, 0.5) is 5.82 Å². The molecule has 0 radical (unpaired) electrons. The van der Waals surface area contributed by atoms with E-state index in [1.807, 2.05) is 0 Å². The van der Waals surface area contributed by atoms with E-state index in [2.05, 4.69) is 20.3 Å². The number of hydrogen-bond donors (Lipinski definition) is 3. The fourth-order valence-corrected chi connectivity index (χ4v) is 2.89. The standard InChI is InChI=1S/C14H19N5O4/c1-15-12-9-13(17-5-16-12)19(6-18-9)14-11(22-7-2-3-7)10(21)8(4-20)23-14/h5-8,10-11,14,20-21H,2-4H2,1H3,(H,15,16,17)/t8-,10?,11?,14-/m1/s1. The van der Waals surface area contributed by atoms with Crippen LogP contribution in [0.15, 0.2) is 12.7 Å². The van der Waals surface area contributed by atoms with Crippen LogP contribution in [0.3, 0.4) is 0 Å². The van der Waals surface area contributed by atoms with Crippen LogP contribution >= 0.6 is 0 Å². The number of aliphatic hydroxyl groups excluding tert-OH is 2. The summed E-state index contributed by atoms with van der Waals surface area (Å²) in [6, 6.07) is 0. The van der Waals surface area contributed by atoms with Gasteiger partial charge in [0.2, 0.25) is 0 Å². The molecule has 2 aromatic rings. The number of hydrogen-bond acceptors (Lipinski definition) is 8. The van der Waals surface area contributed by atoms with E-state index in [4.69, 9.17) is 9.47 Å². The van der Waals surface area contributed by atoms with E-state index in [1.165, 1.54) is 6.33 Å². The summed E-state index contributed by atoms with van der Waals surface area (Å²) in [5.41, 5.74) is 1.20. The van der Waals surface area contributed by atoms with Crippen LogP contribution in [0, 0.1) is 0 Å². The molecule has 1 aliphatic carbocycles. The molecule has 2 aromatic heterocycles. The van der Waals surface area contributed by atoms with Crippen molar-refractivity contribution in [3.63, 3.8) is 0 Å². The summed E-state index contributed by atoms with van der Waals surface area (Å²) in [5.74, 6) is 0.616. The summed E-state index contributed by atoms with van der Waals surface area (Å²) in [4.78, 5) is 12.7. The van der Waals surface area contributed by atoms with Crippen LogP contribution < -0.4 is 5.32 Å². The van der Waals surface area contributed by atoms with Gasteiger partial charge in [0.05, 0.1) is 19.0 Å². The highest BCUT2D eigenvalue weighted by molar-refractivity contribution is 5.82. The summed E-state index contributed by atoms with van der Waals surface area (Å²) in [5, 5.41) is 22.8. The van der Waals surface area contributed by atoms with Crippen LogP contribution in [-0.2, 0) is 9.47 Å². The quantitative estimate of drug-likeness (QED) is 0.685. The molecule has 2 aliphatic rings. The largest absolute Gasteiger partial charge is 0.394 e. The van der Waals surface area contributed by atoms with Gasteiger partial charge in [-0.05, 0) is 12.8 Å². The monoisotopic (exact) mass is 321 g/mol. The Bertz CT molecular complexity index is 704. The van der Waals surface area contributed by atoms with Crippen LogP contribution in [0.5, 0.6) is 0 Å². The van der Waals surface area contributed by atoms with Crippen LogP contribution in [0.25, 0.3) is 11.2 Å². The summed E-state index contributed by atoms with van der Waals surface area (Å²) in [7, 11) is 1.76. The molecule has 9 nitrogen and oxygen atoms in total. The number of imidazole rings is 1. The van der Waals surface area contributed by atoms with Crippen molar-refractivity contribution < 1.29 is 19.7 Å². The first-order valence-electron chi connectivity index (χ1n) is 7.68. The van der Waals surface area contributed by atoms with Gasteiger partial charge in [0, 0.05) is 7.05 Å². The van der Waals surface area contributed by atoms with E-state index >= 15 is 0 Å². The molecule has 23 heavy (non-hydrogen) atoms. The van der Waals surface area contributed by atoms with Crippen molar-refractivity contribution in [1.29, 1.82) is 0 Å². The first-order valence-corrected chi connectivity index (χ1v) is 7.68. The molecule has 0 bridgehead atoms. The summed E-state index contributed by atoms with van der Waals surface area (Å²) in [6.07, 6.45) is 2.42. The van der Waals surface area contributed by atoms with Crippen molar-refractivity contribution in [2.45, 2.75) is 43.5 Å². The van der Waals surface area contributed by atoms with Gasteiger partial charge in [0.25, 0.3) is 0 Å². The van der Waals surface area contributed by atoms with Gasteiger partial charge < -0.3 is 25.0 Å². The lowest BCUT2D eigenvalue weighted by molar-refractivity contribution is -0.0761. The maximum absolute atomic E-state index is 10.4. The van der Waals surface area contributed by atoms with Crippen molar-refractivity contribution in [1.82, 2.24) is 19.5 Å². The first-order chi connectivity index (χ1) is 11.2. The predicted octanol–water partition coefficient (Wildman–Crippen LogP) is -0.334. The van der Waals surface area contributed by atoms with E-state index in [0.717, 1.165) is 12.8 Å². The van der Waals surface area contributed by atoms with E-state index < -0.39 is 24.5 Å². The number of nitrogens with one attached hydrogen (secondary N) is 1. The molecule has 1 aliphatic heterocycles. The third-order valence-electron chi connectivity index (χ3n) is 4.24. The normalized spacial score (nSPS) is 30.9. The Balaban J connectivity index is 1.72. The molecule has 3 heterocycles. The smallest absolute Gasteiger partial charge is 0.167 e. The predicted molar refractivity (Wildman–Crippen MR) is 79.8 cm³/mol. The molecule has 4 rings (SSSR count). The zero-order chi connectivity index (χ0) is 16.0. The van der Waals surface area contributed by atoms with E-state index in [9.17, 15) is 10.2 Å². The zero-order valence-corrected chi connectivity index (χ0v) is 12.7. The summed E-state index contributed by atoms with van der Waals surface area (Å²) < 4.78 is 13.4. The summed E-state index contributed by atoms with van der Waals surface area (Å²) >= 11 is 0. The molecule has 2 unspecified atom stereocenters. The van der Waals surface area contributed by atoms with Gasteiger partial charge in [-0.3, -0.25) is 4.57 Å². The van der Waals surface area contributed by atoms with Gasteiger partial charge in [0.15, 0.2) is 17.7 Å². The van der Waals surface area contributed by atoms with Gasteiger partial charge in [-0.25, -0.2) is 15.0 Å². The molecule has 3 N–H and O–H groups in total. The van der Waals surface area contributed by atoms with Crippen molar-refractivity contribution in [3.8, 4) is 0 Å². The molecule has 0 aromatic carbocycles. The average molecular weight is 321 g/mol. The Morgan fingerprint density at radius 3 is 2.91 bits per heavy atom. The van der Waals surface area contributed by atoms with Crippen molar-refractivity contribution in [2.75, 3.05) is 19.0 Å². The van der Waals surface area contributed by atoms with Crippen LogP contribution in [0.2, 0.25) is 0 Å². The van der Waals surface area contributed by atoms with Gasteiger partial charge in [0.1, 0.15) is 30.2 Å². The third kappa shape index (κ3) is 2.45. The number of nitrogens with zero attached hydrogens (tertiary/aromatic N) is 4. The van der Waals surface area contributed by atoms with Crippen molar-refractivity contribution in [2.24, 2.45) is 0 Å². The first kappa shape index (κ1) is 14.8. The highest BCUT2D eigenvalue weighted by Gasteiger charge is 2.48. The van der Waals surface area contributed by atoms with Crippen LogP contribution in [0.1, 0.15) is 19.1 Å². The van der Waals surface area contributed by atoms with Gasteiger partial charge >= 0.3 is 0 Å². The Morgan fingerprint density at radius 1 is 1.39 bits per heavy atom. The number of aromatic nitrogens is 4. The molecule has 1 saturated heterocycles. The molecule has 1 saturated carbocycles. The third-order valence-corrected chi connectivity index (χ3v) is 4.24. The average Bonchev–Trinajstić information content (AvgIpc) is 3.21. The van der Waals surface area contributed by atoms with Crippen molar-refractivity contribution in [3.05, 3.63) is 12.7 Å². The lowest BCUT2D eigenvalue weighted by atomic mass is 10.1. The minimum atomic E-state index is -0.895. The number of rotatable bonds is 5. The second-order valence-electron chi connectivity index (χ2n) is 5.83. The topological polar surface area (TPSA) is 115 Å². The molecule has 0 amide bonds. The second-order valence-corrected chi connectivity index (χ2v) is 5.83. The van der Waals surface area contributed by atoms with E-state index in [1.54, 1.807) is 17.9 Å². The number of ether oxygens (including phenoxy) is 2. The fourth-order valence-electron chi connectivity index (χ4n) is 2.89. The molecule has 9 heteroatoms. The maximum Gasteiger partial charge on any atom is 0.167 e. The number of anilines is 1. The molecule has 4 atom stereocenters. The number of fused-ring (bicyclic) bond motifs is 1. The highest BCUT2D eigenvalue weighted by Crippen LogP contribution is 2.37. The van der Waals surface area contributed by atoms with Gasteiger partial charge in [-0.15, -0.1) is 0 Å². The van der Waals surface area contributed by atoms with Gasteiger partial charge in [-0.2, -0.15) is 0 Å². The Morgan fingerprint density at radius 2 is 2.22 bits per heavy atom. The molecular formula is C14H19N5O4. The Kier molecular flexibility index (Phi) is 3.64. The van der Waals surface area contributed by atoms with Gasteiger partial charge in [-0.1, -0.05) is 0 Å². The minimum Gasteiger partial charge on any atom is -0.394 e. The Hall–Kier alpha value is -1.81. The maximum atomic E-state index is 10.4. The fraction of sp³-hybridized carbons (Fsp3) is 0.643. The lowest BCUT2D eigenvalue weighted by Crippen LogP contribution is -2.36. The highest BCUT2D eigenvalue weighted by atomic mass is 16.6. The molecule has 2 fully saturated rings. The Labute approximate surface area is 132 Å². The van der Waals surface area contributed by atoms with Crippen molar-refractivity contribution >= 4 is 17.0 Å². The molecular weight excluding hydrogens is 302 g/mol. The van der Waals surface area contributed by atoms with Crippen LogP contribution in [-0.4, -0.2) is 67.8 Å².